The van der Waals surface area contributed by atoms with Gasteiger partial charge in [-0.3, -0.25) is 0 Å². The first-order valence-electron chi connectivity index (χ1n) is 3.76. The van der Waals surface area contributed by atoms with Crippen LogP contribution in [0.15, 0.2) is 22.4 Å². The molecule has 0 unspecified atom stereocenters. The summed E-state index contributed by atoms with van der Waals surface area (Å²) in [4.78, 5) is 0.806. The Hall–Kier alpha value is -0.710. The minimum Gasteiger partial charge on any atom is -0.508 e. The summed E-state index contributed by atoms with van der Waals surface area (Å²) in [5.41, 5.74) is 0.559. The largest absolute Gasteiger partial charge is 0.508 e. The van der Waals surface area contributed by atoms with E-state index in [2.05, 4.69) is 12.6 Å². The predicted molar refractivity (Wildman–Crippen MR) is 56.7 cm³/mol. The van der Waals surface area contributed by atoms with Crippen LogP contribution < -0.4 is 0 Å². The van der Waals surface area contributed by atoms with Gasteiger partial charge < -0.3 is 10.2 Å². The van der Waals surface area contributed by atoms with E-state index in [4.69, 9.17) is 5.11 Å². The van der Waals surface area contributed by atoms with Crippen molar-refractivity contribution in [3.8, 4) is 5.75 Å². The van der Waals surface area contributed by atoms with Gasteiger partial charge in [-0.2, -0.15) is 0 Å². The van der Waals surface area contributed by atoms with E-state index in [-0.39, 0.29) is 12.4 Å². The summed E-state index contributed by atoms with van der Waals surface area (Å²) in [7, 11) is 0. The first-order chi connectivity index (χ1) is 6.24. The van der Waals surface area contributed by atoms with Gasteiger partial charge in [0.15, 0.2) is 0 Å². The van der Waals surface area contributed by atoms with Gasteiger partial charge in [-0.05, 0) is 12.1 Å². The molecule has 0 aliphatic rings. The number of hydrogen-bond acceptors (Lipinski definition) is 4. The summed E-state index contributed by atoms with van der Waals surface area (Å²) in [6.07, 6.45) is 0. The lowest BCUT2D eigenvalue weighted by Gasteiger charge is -2.02. The normalized spacial score (nSPS) is 10.9. The van der Waals surface area contributed by atoms with Crippen molar-refractivity contribution in [1.29, 1.82) is 0 Å². The molecule has 0 spiro atoms. The zero-order valence-electron chi connectivity index (χ0n) is 6.69. The molecule has 68 valence electrons. The summed E-state index contributed by atoms with van der Waals surface area (Å²) in [5, 5.41) is 21.3. The van der Waals surface area contributed by atoms with E-state index in [1.165, 1.54) is 0 Å². The molecule has 2 N–H and O–H groups in total. The maximum Gasteiger partial charge on any atom is 0.121 e. The van der Waals surface area contributed by atoms with E-state index < -0.39 is 0 Å². The lowest BCUT2D eigenvalue weighted by molar-refractivity contribution is 0.277. The second-order valence-corrected chi connectivity index (χ2v) is 4.11. The molecule has 1 aromatic carbocycles. The molecule has 2 rings (SSSR count). The Kier molecular flexibility index (Phi) is 2.19. The second kappa shape index (κ2) is 3.21. The number of aliphatic hydroxyl groups is 1. The summed E-state index contributed by atoms with van der Waals surface area (Å²) in [6.45, 7) is -0.159. The smallest absolute Gasteiger partial charge is 0.121 e. The van der Waals surface area contributed by atoms with Gasteiger partial charge in [-0.15, -0.1) is 24.0 Å². The maximum atomic E-state index is 9.46. The molecule has 13 heavy (non-hydrogen) atoms. The van der Waals surface area contributed by atoms with Crippen molar-refractivity contribution in [1.82, 2.24) is 0 Å². The van der Waals surface area contributed by atoms with Crippen LogP contribution in [0.4, 0.5) is 0 Å². The molecule has 0 fully saturated rings. The van der Waals surface area contributed by atoms with Crippen molar-refractivity contribution >= 4 is 34.1 Å². The van der Waals surface area contributed by atoms with Crippen LogP contribution in [0.25, 0.3) is 10.1 Å². The number of rotatable bonds is 1. The predicted octanol–water partition coefficient (Wildman–Crippen LogP) is 2.39. The highest BCUT2D eigenvalue weighted by Crippen LogP contribution is 2.35. The Labute approximate surface area is 84.9 Å². The third kappa shape index (κ3) is 1.31. The van der Waals surface area contributed by atoms with Gasteiger partial charge in [0.2, 0.25) is 0 Å². The second-order valence-electron chi connectivity index (χ2n) is 2.72. The van der Waals surface area contributed by atoms with E-state index in [9.17, 15) is 5.11 Å². The molecule has 0 bridgehead atoms. The van der Waals surface area contributed by atoms with Gasteiger partial charge in [0, 0.05) is 25.9 Å². The van der Waals surface area contributed by atoms with Crippen LogP contribution in [0.2, 0.25) is 0 Å². The number of fused-ring (bicyclic) bond motifs is 1. The number of hydrogen-bond donors (Lipinski definition) is 3. The van der Waals surface area contributed by atoms with Crippen LogP contribution in [0.3, 0.4) is 0 Å². The van der Waals surface area contributed by atoms with Gasteiger partial charge in [0.1, 0.15) is 5.75 Å². The van der Waals surface area contributed by atoms with E-state index >= 15 is 0 Å². The molecule has 0 atom stereocenters. The molecule has 4 heteroatoms. The topological polar surface area (TPSA) is 40.5 Å². The van der Waals surface area contributed by atoms with Crippen LogP contribution in [-0.4, -0.2) is 10.2 Å². The molecule has 0 saturated carbocycles. The third-order valence-corrected chi connectivity index (χ3v) is 3.44. The highest BCUT2D eigenvalue weighted by atomic mass is 32.1. The van der Waals surface area contributed by atoms with Gasteiger partial charge >= 0.3 is 0 Å². The van der Waals surface area contributed by atoms with Crippen molar-refractivity contribution < 1.29 is 10.2 Å². The average Bonchev–Trinajstić information content (AvgIpc) is 2.49. The standard InChI is InChI=1S/C9H8O2S2/c10-3-5-6(11)1-2-8-9(5)7(12)4-13-8/h1-2,4,10-12H,3H2. The Morgan fingerprint density at radius 1 is 1.38 bits per heavy atom. The lowest BCUT2D eigenvalue weighted by atomic mass is 10.1. The van der Waals surface area contributed by atoms with Crippen LogP contribution in [0.1, 0.15) is 5.56 Å². The zero-order valence-corrected chi connectivity index (χ0v) is 8.40. The fourth-order valence-electron chi connectivity index (χ4n) is 1.33. The first-order valence-corrected chi connectivity index (χ1v) is 5.08. The monoisotopic (exact) mass is 212 g/mol. The van der Waals surface area contributed by atoms with Crippen molar-refractivity contribution in [2.75, 3.05) is 0 Å². The zero-order chi connectivity index (χ0) is 9.42. The Balaban J connectivity index is 2.88. The summed E-state index contributed by atoms with van der Waals surface area (Å²) >= 11 is 5.81. The fourth-order valence-corrected chi connectivity index (χ4v) is 2.68. The van der Waals surface area contributed by atoms with Crippen molar-refractivity contribution in [3.63, 3.8) is 0 Å². The Bertz CT molecular complexity index is 448. The molecular weight excluding hydrogens is 204 g/mol. The molecule has 2 nitrogen and oxygen atoms in total. The molecule has 0 amide bonds. The first kappa shape index (κ1) is 8.87. The van der Waals surface area contributed by atoms with Gasteiger partial charge in [0.25, 0.3) is 0 Å². The number of aromatic hydroxyl groups is 1. The lowest BCUT2D eigenvalue weighted by Crippen LogP contribution is -1.85. The molecular formula is C9H8O2S2. The molecule has 0 radical (unpaired) electrons. The summed E-state index contributed by atoms with van der Waals surface area (Å²) in [6, 6.07) is 3.42. The molecule has 0 saturated heterocycles. The molecule has 2 aromatic rings. The Morgan fingerprint density at radius 3 is 2.85 bits per heavy atom. The highest BCUT2D eigenvalue weighted by molar-refractivity contribution is 7.80. The summed E-state index contributed by atoms with van der Waals surface area (Å²) < 4.78 is 1.03. The highest BCUT2D eigenvalue weighted by Gasteiger charge is 2.09. The van der Waals surface area contributed by atoms with Crippen molar-refractivity contribution in [3.05, 3.63) is 23.1 Å². The number of aliphatic hydroxyl groups excluding tert-OH is 1. The number of thiophene rings is 1. The van der Waals surface area contributed by atoms with E-state index in [0.29, 0.717) is 5.56 Å². The van der Waals surface area contributed by atoms with Crippen LogP contribution in [0.5, 0.6) is 5.75 Å². The molecule has 1 aromatic heterocycles. The SMILES string of the molecule is OCc1c(O)ccc2scc(S)c12. The van der Waals surface area contributed by atoms with Crippen LogP contribution in [-0.2, 0) is 6.61 Å². The van der Waals surface area contributed by atoms with Gasteiger partial charge in [-0.1, -0.05) is 0 Å². The molecule has 1 heterocycles. The van der Waals surface area contributed by atoms with Crippen LogP contribution >= 0.6 is 24.0 Å². The minimum atomic E-state index is -0.159. The van der Waals surface area contributed by atoms with Crippen molar-refractivity contribution in [2.45, 2.75) is 11.5 Å². The van der Waals surface area contributed by atoms with Gasteiger partial charge in [-0.25, -0.2) is 0 Å². The quantitative estimate of drug-likeness (QED) is 0.635. The minimum absolute atomic E-state index is 0.128. The molecule has 0 aliphatic carbocycles. The van der Waals surface area contributed by atoms with Crippen LogP contribution in [0, 0.1) is 0 Å². The number of thiol groups is 1. The summed E-state index contributed by atoms with van der Waals surface area (Å²) in [5.74, 6) is 0.128. The third-order valence-electron chi connectivity index (χ3n) is 1.96. The number of phenols is 1. The molecule has 0 aliphatic heterocycles. The van der Waals surface area contributed by atoms with E-state index in [1.807, 2.05) is 11.4 Å². The number of benzene rings is 1. The van der Waals surface area contributed by atoms with E-state index in [0.717, 1.165) is 15.0 Å². The Morgan fingerprint density at radius 2 is 2.15 bits per heavy atom. The van der Waals surface area contributed by atoms with E-state index in [1.54, 1.807) is 17.4 Å². The maximum absolute atomic E-state index is 9.46. The van der Waals surface area contributed by atoms with Gasteiger partial charge in [0.05, 0.1) is 6.61 Å². The fraction of sp³-hybridized carbons (Fsp3) is 0.111. The average molecular weight is 212 g/mol. The van der Waals surface area contributed by atoms with Crippen molar-refractivity contribution in [2.24, 2.45) is 0 Å².